The highest BCUT2D eigenvalue weighted by molar-refractivity contribution is 5.54. The Hall–Kier alpha value is -2.04. The second-order valence-electron chi connectivity index (χ2n) is 8.00. The molecule has 0 radical (unpaired) electrons. The Labute approximate surface area is 162 Å². The molecule has 2 aromatic rings. The first-order valence-electron chi connectivity index (χ1n) is 9.61. The highest BCUT2D eigenvalue weighted by Crippen LogP contribution is 2.44. The lowest BCUT2D eigenvalue weighted by Gasteiger charge is -2.44. The molecule has 3 rings (SSSR count). The molecule has 0 amide bonds. The van der Waals surface area contributed by atoms with Crippen molar-refractivity contribution in [2.75, 3.05) is 12.4 Å². The van der Waals surface area contributed by atoms with Gasteiger partial charge in [-0.25, -0.2) is 0 Å². The highest BCUT2D eigenvalue weighted by Gasteiger charge is 2.45. The van der Waals surface area contributed by atoms with Crippen LogP contribution in [0.4, 0.5) is 5.69 Å². The minimum atomic E-state index is -0.461. The van der Waals surface area contributed by atoms with Gasteiger partial charge in [-0.15, -0.1) is 0 Å². The van der Waals surface area contributed by atoms with Gasteiger partial charge in [-0.3, -0.25) is 0 Å². The third-order valence-corrected chi connectivity index (χ3v) is 5.07. The smallest absolute Gasteiger partial charge is 0.132 e. The number of hydrogen-bond donors (Lipinski definition) is 1. The van der Waals surface area contributed by atoms with Gasteiger partial charge in [0.15, 0.2) is 0 Å². The minimum absolute atomic E-state index is 0.0954. The first-order valence-corrected chi connectivity index (χ1v) is 9.61. The zero-order valence-corrected chi connectivity index (χ0v) is 17.2. The second kappa shape index (κ2) is 7.91. The summed E-state index contributed by atoms with van der Waals surface area (Å²) in [5.74, 6) is 0.861. The van der Waals surface area contributed by atoms with Crippen LogP contribution in [0.1, 0.15) is 50.5 Å². The van der Waals surface area contributed by atoms with Crippen molar-refractivity contribution >= 4 is 5.69 Å². The first-order chi connectivity index (χ1) is 12.8. The third kappa shape index (κ3) is 4.28. The zero-order valence-electron chi connectivity index (χ0n) is 17.2. The van der Waals surface area contributed by atoms with Crippen LogP contribution in [0.15, 0.2) is 42.5 Å². The number of anilines is 1. The Morgan fingerprint density at radius 3 is 2.56 bits per heavy atom. The average molecular weight is 370 g/mol. The summed E-state index contributed by atoms with van der Waals surface area (Å²) in [5, 5.41) is 3.53. The maximum absolute atomic E-state index is 6.26. The number of ether oxygens (including phenoxy) is 3. The largest absolute Gasteiger partial charge is 0.485 e. The van der Waals surface area contributed by atoms with Crippen molar-refractivity contribution in [3.8, 4) is 5.75 Å². The molecule has 0 aliphatic carbocycles. The van der Waals surface area contributed by atoms with Crippen molar-refractivity contribution in [2.24, 2.45) is 0 Å². The van der Waals surface area contributed by atoms with Crippen molar-refractivity contribution in [3.63, 3.8) is 0 Å². The van der Waals surface area contributed by atoms with Gasteiger partial charge in [-0.2, -0.15) is 0 Å². The van der Waals surface area contributed by atoms with Crippen molar-refractivity contribution < 1.29 is 14.2 Å². The number of hydrogen-bond acceptors (Lipinski definition) is 4. The molecule has 2 unspecified atom stereocenters. The molecule has 1 aliphatic rings. The number of aryl methyl sites for hydroxylation is 1. The lowest BCUT2D eigenvalue weighted by molar-refractivity contribution is -0.161. The molecule has 0 aromatic heterocycles. The third-order valence-electron chi connectivity index (χ3n) is 5.07. The molecule has 2 atom stereocenters. The number of benzene rings is 2. The van der Waals surface area contributed by atoms with E-state index in [1.165, 1.54) is 11.1 Å². The number of fused-ring (bicyclic) bond motifs is 1. The predicted octanol–water partition coefficient (Wildman–Crippen LogP) is 5.26. The molecule has 1 heterocycles. The molecule has 27 heavy (non-hydrogen) atoms. The van der Waals surface area contributed by atoms with Crippen LogP contribution in [-0.4, -0.2) is 24.9 Å². The van der Waals surface area contributed by atoms with Gasteiger partial charge in [0.05, 0.1) is 6.10 Å². The summed E-state index contributed by atoms with van der Waals surface area (Å²) in [6, 6.07) is 14.6. The van der Waals surface area contributed by atoms with E-state index in [-0.39, 0.29) is 18.3 Å². The molecule has 1 N–H and O–H groups in total. The van der Waals surface area contributed by atoms with E-state index in [4.69, 9.17) is 14.2 Å². The second-order valence-corrected chi connectivity index (χ2v) is 8.00. The van der Waals surface area contributed by atoms with Gasteiger partial charge in [-0.05, 0) is 63.9 Å². The van der Waals surface area contributed by atoms with E-state index in [2.05, 4.69) is 62.5 Å². The monoisotopic (exact) mass is 369 g/mol. The fourth-order valence-electron chi connectivity index (χ4n) is 3.69. The normalized spacial score (nSPS) is 20.9. The van der Waals surface area contributed by atoms with Gasteiger partial charge >= 0.3 is 0 Å². The molecule has 146 valence electrons. The van der Waals surface area contributed by atoms with E-state index >= 15 is 0 Å². The maximum atomic E-state index is 6.26. The Morgan fingerprint density at radius 2 is 1.89 bits per heavy atom. The molecule has 0 spiro atoms. The molecular formula is C23H31NO3. The van der Waals surface area contributed by atoms with Crippen LogP contribution in [0.25, 0.3) is 0 Å². The molecule has 4 nitrogen and oxygen atoms in total. The van der Waals surface area contributed by atoms with Crippen LogP contribution in [0.2, 0.25) is 0 Å². The minimum Gasteiger partial charge on any atom is -0.485 e. The SMILES string of the molecule is COC1C(OC(C)C)c2cc(NCc3ccccc3C)ccc2OC1(C)C. The summed E-state index contributed by atoms with van der Waals surface area (Å²) < 4.78 is 18.3. The molecule has 0 saturated carbocycles. The molecule has 0 fully saturated rings. The van der Waals surface area contributed by atoms with Gasteiger partial charge in [0.25, 0.3) is 0 Å². The fraction of sp³-hybridized carbons (Fsp3) is 0.478. The van der Waals surface area contributed by atoms with Gasteiger partial charge in [0, 0.05) is 24.9 Å². The lowest BCUT2D eigenvalue weighted by Crippen LogP contribution is -2.50. The molecule has 2 aromatic carbocycles. The number of nitrogens with one attached hydrogen (secondary N) is 1. The van der Waals surface area contributed by atoms with E-state index in [9.17, 15) is 0 Å². The summed E-state index contributed by atoms with van der Waals surface area (Å²) in [5.41, 5.74) is 4.19. The van der Waals surface area contributed by atoms with E-state index in [0.717, 1.165) is 23.5 Å². The van der Waals surface area contributed by atoms with Gasteiger partial charge in [0.2, 0.25) is 0 Å². The molecule has 0 saturated heterocycles. The summed E-state index contributed by atoms with van der Waals surface area (Å²) in [4.78, 5) is 0. The maximum Gasteiger partial charge on any atom is 0.132 e. The summed E-state index contributed by atoms with van der Waals surface area (Å²) in [6.45, 7) is 11.1. The predicted molar refractivity (Wildman–Crippen MR) is 109 cm³/mol. The van der Waals surface area contributed by atoms with E-state index in [1.807, 2.05) is 19.9 Å². The lowest BCUT2D eigenvalue weighted by atomic mass is 9.87. The topological polar surface area (TPSA) is 39.7 Å². The quantitative estimate of drug-likeness (QED) is 0.754. The summed E-state index contributed by atoms with van der Waals surface area (Å²) in [7, 11) is 1.72. The number of rotatable bonds is 6. The summed E-state index contributed by atoms with van der Waals surface area (Å²) in [6.07, 6.45) is -0.258. The Kier molecular flexibility index (Phi) is 5.78. The zero-order chi connectivity index (χ0) is 19.6. The van der Waals surface area contributed by atoms with E-state index in [0.29, 0.717) is 0 Å². The van der Waals surface area contributed by atoms with E-state index < -0.39 is 5.60 Å². The van der Waals surface area contributed by atoms with Crippen LogP contribution in [0.5, 0.6) is 5.75 Å². The molecule has 0 bridgehead atoms. The van der Waals surface area contributed by atoms with Crippen LogP contribution in [0.3, 0.4) is 0 Å². The van der Waals surface area contributed by atoms with Gasteiger partial charge in [-0.1, -0.05) is 24.3 Å². The van der Waals surface area contributed by atoms with Crippen LogP contribution >= 0.6 is 0 Å². The van der Waals surface area contributed by atoms with Crippen molar-refractivity contribution in [2.45, 2.75) is 65.1 Å². The average Bonchev–Trinajstić information content (AvgIpc) is 2.60. The van der Waals surface area contributed by atoms with Crippen molar-refractivity contribution in [1.82, 2.24) is 0 Å². The Bertz CT molecular complexity index is 785. The van der Waals surface area contributed by atoms with E-state index in [1.54, 1.807) is 7.11 Å². The first kappa shape index (κ1) is 19.7. The van der Waals surface area contributed by atoms with Crippen molar-refractivity contribution in [1.29, 1.82) is 0 Å². The Morgan fingerprint density at radius 1 is 1.15 bits per heavy atom. The number of methoxy groups -OCH3 is 1. The highest BCUT2D eigenvalue weighted by atomic mass is 16.6. The van der Waals surface area contributed by atoms with Gasteiger partial charge in [0.1, 0.15) is 23.6 Å². The van der Waals surface area contributed by atoms with Crippen LogP contribution < -0.4 is 10.1 Å². The fourth-order valence-corrected chi connectivity index (χ4v) is 3.69. The van der Waals surface area contributed by atoms with Crippen molar-refractivity contribution in [3.05, 3.63) is 59.2 Å². The molecule has 4 heteroatoms. The van der Waals surface area contributed by atoms with Gasteiger partial charge < -0.3 is 19.5 Å². The van der Waals surface area contributed by atoms with Crippen LogP contribution in [-0.2, 0) is 16.0 Å². The molecular weight excluding hydrogens is 338 g/mol. The van der Waals surface area contributed by atoms with Crippen LogP contribution in [0, 0.1) is 6.92 Å². The summed E-state index contributed by atoms with van der Waals surface area (Å²) >= 11 is 0. The standard InChI is InChI=1S/C23H31NO3/c1-15(2)26-21-19-13-18(24-14-17-10-8-7-9-16(17)3)11-12-20(19)27-23(4,5)22(21)25-6/h7-13,15,21-22,24H,14H2,1-6H3. The molecule has 1 aliphatic heterocycles. The Balaban J connectivity index is 1.88.